The molecule has 0 unspecified atom stereocenters. The highest BCUT2D eigenvalue weighted by molar-refractivity contribution is 5.98. The van der Waals surface area contributed by atoms with Gasteiger partial charge in [0.25, 0.3) is 0 Å². The van der Waals surface area contributed by atoms with Crippen LogP contribution in [0.4, 0.5) is 31.1 Å². The van der Waals surface area contributed by atoms with Crippen LogP contribution in [0.3, 0.4) is 0 Å². The van der Waals surface area contributed by atoms with Gasteiger partial charge in [-0.05, 0) is 18.2 Å². The van der Waals surface area contributed by atoms with Gasteiger partial charge in [0.15, 0.2) is 5.84 Å². The SMILES string of the molecule is N/C(=N\NC(=O)O)c1cc(C(F)(F)F)cc(C(F)(F)F)c1. The van der Waals surface area contributed by atoms with Crippen molar-refractivity contribution in [3.8, 4) is 0 Å². The number of nitrogens with two attached hydrogens (primary N) is 1. The Morgan fingerprint density at radius 3 is 1.81 bits per heavy atom. The van der Waals surface area contributed by atoms with Gasteiger partial charge in [-0.3, -0.25) is 0 Å². The van der Waals surface area contributed by atoms with E-state index in [2.05, 4.69) is 5.10 Å². The molecule has 0 heterocycles. The Hall–Kier alpha value is -2.46. The van der Waals surface area contributed by atoms with Crippen molar-refractivity contribution in [2.45, 2.75) is 12.4 Å². The fraction of sp³-hybridized carbons (Fsp3) is 0.200. The lowest BCUT2D eigenvalue weighted by atomic mass is 10.0. The van der Waals surface area contributed by atoms with E-state index in [1.54, 1.807) is 0 Å². The fourth-order valence-electron chi connectivity index (χ4n) is 1.28. The quantitative estimate of drug-likeness (QED) is 0.339. The maximum Gasteiger partial charge on any atom is 0.425 e. The van der Waals surface area contributed by atoms with E-state index in [0.717, 1.165) is 0 Å². The summed E-state index contributed by atoms with van der Waals surface area (Å²) < 4.78 is 75.3. The summed E-state index contributed by atoms with van der Waals surface area (Å²) in [5.41, 5.74) is 2.65. The average Bonchev–Trinajstić information content (AvgIpc) is 2.33. The molecule has 11 heteroatoms. The van der Waals surface area contributed by atoms with E-state index in [0.29, 0.717) is 12.1 Å². The van der Waals surface area contributed by atoms with Crippen molar-refractivity contribution < 1.29 is 36.2 Å². The van der Waals surface area contributed by atoms with E-state index < -0.39 is 41.0 Å². The van der Waals surface area contributed by atoms with Gasteiger partial charge in [0.1, 0.15) is 0 Å². The maximum atomic E-state index is 12.6. The van der Waals surface area contributed by atoms with Crippen LogP contribution in [0.15, 0.2) is 23.3 Å². The molecule has 1 amide bonds. The first-order valence-corrected chi connectivity index (χ1v) is 5.03. The zero-order valence-corrected chi connectivity index (χ0v) is 9.88. The summed E-state index contributed by atoms with van der Waals surface area (Å²) in [7, 11) is 0. The highest BCUT2D eigenvalue weighted by atomic mass is 19.4. The maximum absolute atomic E-state index is 12.6. The molecule has 0 atom stereocenters. The number of hydrogen-bond donors (Lipinski definition) is 3. The minimum Gasteiger partial charge on any atom is -0.464 e. The van der Waals surface area contributed by atoms with Crippen molar-refractivity contribution in [2.24, 2.45) is 10.8 Å². The number of carboxylic acid groups (broad SMARTS) is 1. The first-order valence-electron chi connectivity index (χ1n) is 5.03. The van der Waals surface area contributed by atoms with Crippen LogP contribution < -0.4 is 11.2 Å². The van der Waals surface area contributed by atoms with Crippen LogP contribution in [0.5, 0.6) is 0 Å². The van der Waals surface area contributed by atoms with E-state index in [9.17, 15) is 31.1 Å². The highest BCUT2D eigenvalue weighted by Gasteiger charge is 2.37. The Balaban J connectivity index is 3.39. The number of hydrazone groups is 1. The summed E-state index contributed by atoms with van der Waals surface area (Å²) in [4.78, 5) is 10.2. The van der Waals surface area contributed by atoms with Crippen LogP contribution in [0, 0.1) is 0 Å². The molecule has 21 heavy (non-hydrogen) atoms. The van der Waals surface area contributed by atoms with E-state index in [4.69, 9.17) is 10.8 Å². The first-order chi connectivity index (χ1) is 9.41. The number of nitrogens with one attached hydrogen (secondary N) is 1. The van der Waals surface area contributed by atoms with Gasteiger partial charge >= 0.3 is 18.4 Å². The number of benzene rings is 1. The van der Waals surface area contributed by atoms with Crippen molar-refractivity contribution in [2.75, 3.05) is 0 Å². The Morgan fingerprint density at radius 1 is 1.05 bits per heavy atom. The van der Waals surface area contributed by atoms with Crippen molar-refractivity contribution in [3.05, 3.63) is 34.9 Å². The van der Waals surface area contributed by atoms with Crippen LogP contribution in [-0.2, 0) is 12.4 Å². The number of amidine groups is 1. The number of halogens is 6. The number of carbonyl (C=O) groups is 1. The van der Waals surface area contributed by atoms with Gasteiger partial charge < -0.3 is 10.8 Å². The molecular weight excluding hydrogens is 308 g/mol. The molecule has 0 aliphatic heterocycles. The van der Waals surface area contributed by atoms with Crippen LogP contribution in [0.2, 0.25) is 0 Å². The Morgan fingerprint density at radius 2 is 1.48 bits per heavy atom. The molecule has 1 aromatic rings. The van der Waals surface area contributed by atoms with Gasteiger partial charge in [0.2, 0.25) is 0 Å². The Kier molecular flexibility index (Phi) is 4.35. The van der Waals surface area contributed by atoms with Gasteiger partial charge in [-0.25, -0.2) is 10.2 Å². The molecule has 116 valence electrons. The summed E-state index contributed by atoms with van der Waals surface area (Å²) >= 11 is 0. The highest BCUT2D eigenvalue weighted by Crippen LogP contribution is 2.36. The summed E-state index contributed by atoms with van der Waals surface area (Å²) in [6.45, 7) is 0. The van der Waals surface area contributed by atoms with Crippen molar-refractivity contribution in [1.29, 1.82) is 0 Å². The summed E-state index contributed by atoms with van der Waals surface area (Å²) in [6, 6.07) is 0.580. The third-order valence-corrected chi connectivity index (χ3v) is 2.16. The minimum absolute atomic E-state index is 0.0819. The number of amides is 1. The largest absolute Gasteiger partial charge is 0.464 e. The van der Waals surface area contributed by atoms with Crippen LogP contribution in [0.25, 0.3) is 0 Å². The standard InChI is InChI=1S/C10H7F6N3O2/c11-9(12,13)5-1-4(7(17)18-19-8(20)21)2-6(3-5)10(14,15)16/h1-3,19H,(H2,17,18)(H,20,21). The lowest BCUT2D eigenvalue weighted by molar-refractivity contribution is -0.143. The van der Waals surface area contributed by atoms with Crippen LogP contribution >= 0.6 is 0 Å². The van der Waals surface area contributed by atoms with E-state index in [-0.39, 0.29) is 6.07 Å². The monoisotopic (exact) mass is 315 g/mol. The number of hydrogen-bond acceptors (Lipinski definition) is 2. The van der Waals surface area contributed by atoms with Crippen molar-refractivity contribution in [3.63, 3.8) is 0 Å². The first kappa shape index (κ1) is 16.6. The smallest absolute Gasteiger partial charge is 0.425 e. The summed E-state index contributed by atoms with van der Waals surface area (Å²) in [5.74, 6) is -0.839. The fourth-order valence-corrected chi connectivity index (χ4v) is 1.28. The van der Waals surface area contributed by atoms with Gasteiger partial charge in [0.05, 0.1) is 11.1 Å². The molecule has 0 radical (unpaired) electrons. The van der Waals surface area contributed by atoms with Crippen LogP contribution in [-0.4, -0.2) is 17.0 Å². The second-order valence-electron chi connectivity index (χ2n) is 3.71. The van der Waals surface area contributed by atoms with Crippen LogP contribution in [0.1, 0.15) is 16.7 Å². The Labute approximate surface area is 113 Å². The third-order valence-electron chi connectivity index (χ3n) is 2.16. The Bertz CT molecular complexity index is 547. The number of nitrogens with zero attached hydrogens (tertiary/aromatic N) is 1. The normalized spacial score (nSPS) is 13.1. The predicted octanol–water partition coefficient (Wildman–Crippen LogP) is 2.61. The van der Waals surface area contributed by atoms with E-state index in [1.165, 1.54) is 5.43 Å². The average molecular weight is 315 g/mol. The lowest BCUT2D eigenvalue weighted by Crippen LogP contribution is -2.23. The minimum atomic E-state index is -5.03. The van der Waals surface area contributed by atoms with E-state index >= 15 is 0 Å². The molecule has 0 saturated heterocycles. The zero-order valence-electron chi connectivity index (χ0n) is 9.88. The molecule has 0 aliphatic rings. The summed E-state index contributed by atoms with van der Waals surface area (Å²) in [5, 5.41) is 11.2. The topological polar surface area (TPSA) is 87.7 Å². The molecule has 0 saturated carbocycles. The zero-order chi connectivity index (χ0) is 16.4. The second-order valence-corrected chi connectivity index (χ2v) is 3.71. The molecular formula is C10H7F6N3O2. The van der Waals surface area contributed by atoms with Crippen molar-refractivity contribution >= 4 is 11.9 Å². The molecule has 0 bridgehead atoms. The second kappa shape index (κ2) is 5.50. The number of rotatable bonds is 2. The van der Waals surface area contributed by atoms with Gasteiger partial charge in [-0.2, -0.15) is 31.4 Å². The van der Waals surface area contributed by atoms with Gasteiger partial charge in [-0.1, -0.05) is 0 Å². The van der Waals surface area contributed by atoms with Gasteiger partial charge in [-0.15, -0.1) is 0 Å². The molecule has 4 N–H and O–H groups in total. The number of alkyl halides is 6. The summed E-state index contributed by atoms with van der Waals surface area (Å²) in [6.07, 6.45) is -11.7. The molecule has 1 rings (SSSR count). The molecule has 0 aromatic heterocycles. The predicted molar refractivity (Wildman–Crippen MR) is 58.3 cm³/mol. The molecule has 0 aliphatic carbocycles. The lowest BCUT2D eigenvalue weighted by Gasteiger charge is -2.13. The van der Waals surface area contributed by atoms with Crippen molar-refractivity contribution in [1.82, 2.24) is 5.43 Å². The van der Waals surface area contributed by atoms with Gasteiger partial charge in [0, 0.05) is 5.56 Å². The molecule has 1 aromatic carbocycles. The molecule has 0 spiro atoms. The molecule has 5 nitrogen and oxygen atoms in total. The van der Waals surface area contributed by atoms with E-state index in [1.807, 2.05) is 0 Å². The molecule has 0 fully saturated rings. The third kappa shape index (κ3) is 4.54.